The highest BCUT2D eigenvalue weighted by molar-refractivity contribution is 5.92. The lowest BCUT2D eigenvalue weighted by molar-refractivity contribution is -0.119. The molecule has 0 bridgehead atoms. The fourth-order valence-electron chi connectivity index (χ4n) is 2.00. The molecule has 18 heavy (non-hydrogen) atoms. The van der Waals surface area contributed by atoms with Gasteiger partial charge in [-0.2, -0.15) is 5.10 Å². The molecule has 0 saturated carbocycles. The van der Waals surface area contributed by atoms with E-state index >= 15 is 0 Å². The largest absolute Gasteiger partial charge is 0.378 e. The molecule has 2 heterocycles. The van der Waals surface area contributed by atoms with E-state index in [0.29, 0.717) is 12.4 Å². The Morgan fingerprint density at radius 1 is 1.56 bits per heavy atom. The number of aromatic nitrogens is 2. The number of H-pyrrole nitrogens is 1. The van der Waals surface area contributed by atoms with E-state index in [9.17, 15) is 4.79 Å². The number of hydrogen-bond donors (Lipinski definition) is 2. The van der Waals surface area contributed by atoms with Crippen LogP contribution in [0.25, 0.3) is 0 Å². The fourth-order valence-corrected chi connectivity index (χ4v) is 2.00. The lowest BCUT2D eigenvalue weighted by Gasteiger charge is -2.14. The molecule has 1 amide bonds. The van der Waals surface area contributed by atoms with Crippen LogP contribution in [0.2, 0.25) is 0 Å². The van der Waals surface area contributed by atoms with Crippen molar-refractivity contribution in [1.29, 1.82) is 0 Å². The van der Waals surface area contributed by atoms with Crippen molar-refractivity contribution in [3.05, 3.63) is 11.8 Å². The minimum absolute atomic E-state index is 0.000954. The van der Waals surface area contributed by atoms with Gasteiger partial charge in [-0.25, -0.2) is 0 Å². The SMILES string of the molecule is CC1CC(C(=O)Nc2cc(C(C)(C)C)[nH]n2)CO1. The smallest absolute Gasteiger partial charge is 0.231 e. The molecular formula is C13H21N3O2. The maximum absolute atomic E-state index is 12.0. The van der Waals surface area contributed by atoms with E-state index in [2.05, 4.69) is 36.3 Å². The molecule has 1 saturated heterocycles. The van der Waals surface area contributed by atoms with Gasteiger partial charge in [-0.05, 0) is 13.3 Å². The Hall–Kier alpha value is -1.36. The van der Waals surface area contributed by atoms with Gasteiger partial charge in [0.1, 0.15) is 0 Å². The predicted octanol–water partition coefficient (Wildman–Crippen LogP) is 2.07. The van der Waals surface area contributed by atoms with Gasteiger partial charge in [0.05, 0.1) is 18.6 Å². The van der Waals surface area contributed by atoms with Gasteiger partial charge in [0.25, 0.3) is 0 Å². The van der Waals surface area contributed by atoms with Crippen molar-refractivity contribution in [1.82, 2.24) is 10.2 Å². The minimum atomic E-state index is -0.0604. The van der Waals surface area contributed by atoms with E-state index < -0.39 is 0 Å². The van der Waals surface area contributed by atoms with Gasteiger partial charge in [0, 0.05) is 17.2 Å². The van der Waals surface area contributed by atoms with Crippen LogP contribution in [0.15, 0.2) is 6.07 Å². The van der Waals surface area contributed by atoms with E-state index in [1.807, 2.05) is 13.0 Å². The summed E-state index contributed by atoms with van der Waals surface area (Å²) < 4.78 is 5.39. The van der Waals surface area contributed by atoms with Gasteiger partial charge in [-0.3, -0.25) is 9.89 Å². The molecule has 2 rings (SSSR count). The number of rotatable bonds is 2. The highest BCUT2D eigenvalue weighted by Crippen LogP contribution is 2.23. The van der Waals surface area contributed by atoms with Crippen LogP contribution in [0.1, 0.15) is 39.8 Å². The molecular weight excluding hydrogens is 230 g/mol. The van der Waals surface area contributed by atoms with Crippen molar-refractivity contribution in [2.45, 2.75) is 45.6 Å². The molecule has 2 N–H and O–H groups in total. The number of nitrogens with one attached hydrogen (secondary N) is 2. The first-order valence-corrected chi connectivity index (χ1v) is 6.34. The lowest BCUT2D eigenvalue weighted by Crippen LogP contribution is -2.23. The Kier molecular flexibility index (Phi) is 3.43. The highest BCUT2D eigenvalue weighted by Gasteiger charge is 2.28. The van der Waals surface area contributed by atoms with Gasteiger partial charge in [-0.1, -0.05) is 20.8 Å². The minimum Gasteiger partial charge on any atom is -0.378 e. The Labute approximate surface area is 107 Å². The molecule has 2 unspecified atom stereocenters. The number of nitrogens with zero attached hydrogens (tertiary/aromatic N) is 1. The standard InChI is InChI=1S/C13H21N3O2/c1-8-5-9(7-18-8)12(17)14-11-6-10(15-16-11)13(2,3)4/h6,8-9H,5,7H2,1-4H3,(H2,14,15,16,17). The van der Waals surface area contributed by atoms with Crippen molar-refractivity contribution >= 4 is 11.7 Å². The zero-order valence-corrected chi connectivity index (χ0v) is 11.4. The molecule has 1 aromatic heterocycles. The van der Waals surface area contributed by atoms with E-state index in [1.54, 1.807) is 0 Å². The third-order valence-electron chi connectivity index (χ3n) is 3.21. The van der Waals surface area contributed by atoms with Crippen LogP contribution in [0.4, 0.5) is 5.82 Å². The third-order valence-corrected chi connectivity index (χ3v) is 3.21. The van der Waals surface area contributed by atoms with Crippen molar-refractivity contribution in [2.24, 2.45) is 5.92 Å². The van der Waals surface area contributed by atoms with Gasteiger partial charge in [-0.15, -0.1) is 0 Å². The van der Waals surface area contributed by atoms with Crippen molar-refractivity contribution in [2.75, 3.05) is 11.9 Å². The summed E-state index contributed by atoms with van der Waals surface area (Å²) in [5.41, 5.74) is 1.01. The van der Waals surface area contributed by atoms with Crippen LogP contribution in [-0.4, -0.2) is 28.8 Å². The second-order valence-corrected chi connectivity index (χ2v) is 5.98. The Bertz CT molecular complexity index is 434. The molecule has 5 nitrogen and oxygen atoms in total. The summed E-state index contributed by atoms with van der Waals surface area (Å²) in [4.78, 5) is 12.0. The molecule has 1 aromatic rings. The van der Waals surface area contributed by atoms with Gasteiger partial charge >= 0.3 is 0 Å². The maximum atomic E-state index is 12.0. The average Bonchev–Trinajstić information content (AvgIpc) is 2.85. The van der Waals surface area contributed by atoms with Crippen LogP contribution in [0.3, 0.4) is 0 Å². The van der Waals surface area contributed by atoms with Gasteiger partial charge in [0.15, 0.2) is 5.82 Å². The molecule has 1 aliphatic rings. The number of ether oxygens (including phenoxy) is 1. The Morgan fingerprint density at radius 3 is 2.78 bits per heavy atom. The zero-order chi connectivity index (χ0) is 13.3. The van der Waals surface area contributed by atoms with Crippen LogP contribution >= 0.6 is 0 Å². The zero-order valence-electron chi connectivity index (χ0n) is 11.4. The first-order chi connectivity index (χ1) is 8.36. The lowest BCUT2D eigenvalue weighted by atomic mass is 9.92. The maximum Gasteiger partial charge on any atom is 0.231 e. The Balaban J connectivity index is 1.97. The number of carbonyl (C=O) groups excluding carboxylic acids is 1. The fraction of sp³-hybridized carbons (Fsp3) is 0.692. The molecule has 1 fully saturated rings. The van der Waals surface area contributed by atoms with E-state index in [0.717, 1.165) is 12.1 Å². The predicted molar refractivity (Wildman–Crippen MR) is 69.4 cm³/mol. The molecule has 0 spiro atoms. The van der Waals surface area contributed by atoms with E-state index in [4.69, 9.17) is 4.74 Å². The van der Waals surface area contributed by atoms with Crippen molar-refractivity contribution < 1.29 is 9.53 Å². The Morgan fingerprint density at radius 2 is 2.28 bits per heavy atom. The molecule has 2 atom stereocenters. The number of amides is 1. The van der Waals surface area contributed by atoms with Crippen molar-refractivity contribution in [3.8, 4) is 0 Å². The normalized spacial score (nSPS) is 24.2. The van der Waals surface area contributed by atoms with E-state index in [-0.39, 0.29) is 23.3 Å². The van der Waals surface area contributed by atoms with Crippen LogP contribution in [-0.2, 0) is 14.9 Å². The highest BCUT2D eigenvalue weighted by atomic mass is 16.5. The molecule has 1 aliphatic heterocycles. The summed E-state index contributed by atoms with van der Waals surface area (Å²) in [6.45, 7) is 8.78. The van der Waals surface area contributed by atoms with Crippen LogP contribution in [0, 0.1) is 5.92 Å². The topological polar surface area (TPSA) is 67.0 Å². The van der Waals surface area contributed by atoms with Gasteiger partial charge < -0.3 is 10.1 Å². The summed E-state index contributed by atoms with van der Waals surface area (Å²) in [5, 5.41) is 9.91. The third kappa shape index (κ3) is 2.90. The molecule has 0 radical (unpaired) electrons. The summed E-state index contributed by atoms with van der Waals surface area (Å²) in [6, 6.07) is 1.89. The monoisotopic (exact) mass is 251 g/mol. The second kappa shape index (κ2) is 4.72. The number of hydrogen-bond acceptors (Lipinski definition) is 3. The number of aromatic amines is 1. The van der Waals surface area contributed by atoms with Crippen LogP contribution < -0.4 is 5.32 Å². The molecule has 0 aromatic carbocycles. The van der Waals surface area contributed by atoms with E-state index in [1.165, 1.54) is 0 Å². The van der Waals surface area contributed by atoms with Crippen LogP contribution in [0.5, 0.6) is 0 Å². The van der Waals surface area contributed by atoms with Gasteiger partial charge in [0.2, 0.25) is 5.91 Å². The second-order valence-electron chi connectivity index (χ2n) is 5.98. The quantitative estimate of drug-likeness (QED) is 0.845. The summed E-state index contributed by atoms with van der Waals surface area (Å²) in [7, 11) is 0. The average molecular weight is 251 g/mol. The summed E-state index contributed by atoms with van der Waals surface area (Å²) >= 11 is 0. The first kappa shape index (κ1) is 13.1. The molecule has 100 valence electrons. The number of anilines is 1. The summed E-state index contributed by atoms with van der Waals surface area (Å²) in [5.74, 6) is 0.519. The molecule has 0 aliphatic carbocycles. The van der Waals surface area contributed by atoms with Crippen molar-refractivity contribution in [3.63, 3.8) is 0 Å². The molecule has 5 heteroatoms. The summed E-state index contributed by atoms with van der Waals surface area (Å²) in [6.07, 6.45) is 0.952. The first-order valence-electron chi connectivity index (χ1n) is 6.34. The number of carbonyl (C=O) groups is 1.